The molecule has 122 valence electrons. The van der Waals surface area contributed by atoms with Crippen LogP contribution in [0.5, 0.6) is 0 Å². The molecule has 1 aliphatic rings. The quantitative estimate of drug-likeness (QED) is 0.824. The molecule has 3 rings (SSSR count). The largest absolute Gasteiger partial charge is 0.353 e. The lowest BCUT2D eigenvalue weighted by Crippen LogP contribution is -2.36. The number of hydrogen-bond acceptors (Lipinski definition) is 5. The van der Waals surface area contributed by atoms with Crippen molar-refractivity contribution >= 4 is 17.7 Å². The van der Waals surface area contributed by atoms with E-state index in [1.165, 1.54) is 11.8 Å². The van der Waals surface area contributed by atoms with Crippen molar-refractivity contribution in [1.82, 2.24) is 25.1 Å². The first-order chi connectivity index (χ1) is 11.1. The van der Waals surface area contributed by atoms with Gasteiger partial charge in [-0.15, -0.1) is 10.2 Å². The monoisotopic (exact) mass is 331 g/mol. The van der Waals surface area contributed by atoms with E-state index in [0.29, 0.717) is 6.04 Å². The second-order valence-electron chi connectivity index (χ2n) is 6.07. The normalized spacial score (nSPS) is 15.7. The standard InChI is InChI=1S/C16H21N5OS/c1-10(2)18-15(22)11(3)23-16-20-19-14(21(16)13-4-5-13)12-6-8-17-9-7-12/h6-11,13H,4-5H2,1-3H3,(H,18,22)/t11-/m1/s1. The topological polar surface area (TPSA) is 72.7 Å². The zero-order valence-electron chi connectivity index (χ0n) is 13.6. The summed E-state index contributed by atoms with van der Waals surface area (Å²) in [7, 11) is 0. The number of hydrogen-bond donors (Lipinski definition) is 1. The van der Waals surface area contributed by atoms with Gasteiger partial charge in [-0.2, -0.15) is 0 Å². The summed E-state index contributed by atoms with van der Waals surface area (Å²) in [5.41, 5.74) is 1.01. The molecular formula is C16H21N5OS. The van der Waals surface area contributed by atoms with Gasteiger partial charge in [0.05, 0.1) is 5.25 Å². The number of carbonyl (C=O) groups is 1. The third-order valence-corrected chi connectivity index (χ3v) is 4.65. The Kier molecular flexibility index (Phi) is 4.66. The third-order valence-electron chi connectivity index (χ3n) is 3.60. The molecule has 1 atom stereocenters. The van der Waals surface area contributed by atoms with Gasteiger partial charge in [-0.1, -0.05) is 11.8 Å². The van der Waals surface area contributed by atoms with Gasteiger partial charge in [0.1, 0.15) is 0 Å². The van der Waals surface area contributed by atoms with E-state index in [1.807, 2.05) is 32.9 Å². The number of thioether (sulfide) groups is 1. The Morgan fingerprint density at radius 1 is 1.26 bits per heavy atom. The molecule has 1 N–H and O–H groups in total. The molecule has 7 heteroatoms. The summed E-state index contributed by atoms with van der Waals surface area (Å²) < 4.78 is 2.17. The molecule has 2 aromatic heterocycles. The van der Waals surface area contributed by atoms with Crippen LogP contribution in [-0.2, 0) is 4.79 Å². The van der Waals surface area contributed by atoms with Crippen LogP contribution in [0.1, 0.15) is 39.7 Å². The predicted molar refractivity (Wildman–Crippen MR) is 90.1 cm³/mol. The fourth-order valence-electron chi connectivity index (χ4n) is 2.33. The lowest BCUT2D eigenvalue weighted by Gasteiger charge is -2.15. The van der Waals surface area contributed by atoms with E-state index in [0.717, 1.165) is 29.4 Å². The van der Waals surface area contributed by atoms with Gasteiger partial charge in [-0.05, 0) is 45.7 Å². The van der Waals surface area contributed by atoms with Crippen LogP contribution in [0, 0.1) is 0 Å². The van der Waals surface area contributed by atoms with Crippen LogP contribution >= 0.6 is 11.8 Å². The van der Waals surface area contributed by atoms with E-state index in [-0.39, 0.29) is 17.2 Å². The lowest BCUT2D eigenvalue weighted by molar-refractivity contribution is -0.120. The van der Waals surface area contributed by atoms with Crippen LogP contribution in [0.25, 0.3) is 11.4 Å². The van der Waals surface area contributed by atoms with Crippen molar-refractivity contribution in [2.75, 3.05) is 0 Å². The maximum Gasteiger partial charge on any atom is 0.233 e. The average Bonchev–Trinajstić information content (AvgIpc) is 3.28. The molecule has 2 heterocycles. The van der Waals surface area contributed by atoms with Crippen LogP contribution in [0.3, 0.4) is 0 Å². The summed E-state index contributed by atoms with van der Waals surface area (Å²) in [6, 6.07) is 4.45. The fourth-order valence-corrected chi connectivity index (χ4v) is 3.26. The highest BCUT2D eigenvalue weighted by atomic mass is 32.2. The minimum atomic E-state index is -0.204. The van der Waals surface area contributed by atoms with E-state index >= 15 is 0 Å². The van der Waals surface area contributed by atoms with Crippen molar-refractivity contribution in [1.29, 1.82) is 0 Å². The van der Waals surface area contributed by atoms with Gasteiger partial charge in [-0.3, -0.25) is 14.3 Å². The summed E-state index contributed by atoms with van der Waals surface area (Å²) in [5, 5.41) is 12.2. The minimum absolute atomic E-state index is 0.0285. The Labute approximate surface area is 140 Å². The van der Waals surface area contributed by atoms with Gasteiger partial charge in [0.25, 0.3) is 0 Å². The Balaban J connectivity index is 1.83. The number of carbonyl (C=O) groups excluding carboxylic acids is 1. The molecule has 1 fully saturated rings. The molecule has 1 amide bonds. The fraction of sp³-hybridized carbons (Fsp3) is 0.500. The summed E-state index contributed by atoms with van der Waals surface area (Å²) in [6.07, 6.45) is 5.78. The molecule has 1 saturated carbocycles. The zero-order valence-corrected chi connectivity index (χ0v) is 14.4. The number of rotatable bonds is 6. The van der Waals surface area contributed by atoms with Crippen LogP contribution < -0.4 is 5.32 Å². The number of amides is 1. The Hall–Kier alpha value is -1.89. The van der Waals surface area contributed by atoms with Gasteiger partial charge in [-0.25, -0.2) is 0 Å². The van der Waals surface area contributed by atoms with Crippen LogP contribution in [0.2, 0.25) is 0 Å². The van der Waals surface area contributed by atoms with Crippen LogP contribution in [0.15, 0.2) is 29.7 Å². The number of pyridine rings is 1. The number of nitrogens with zero attached hydrogens (tertiary/aromatic N) is 4. The molecule has 0 spiro atoms. The van der Waals surface area contributed by atoms with E-state index in [4.69, 9.17) is 0 Å². The summed E-state index contributed by atoms with van der Waals surface area (Å²) >= 11 is 1.47. The van der Waals surface area contributed by atoms with Crippen molar-refractivity contribution in [2.45, 2.75) is 56.1 Å². The number of aromatic nitrogens is 4. The SMILES string of the molecule is CC(C)NC(=O)[C@@H](C)Sc1nnc(-c2ccncc2)n1C1CC1. The molecule has 0 bridgehead atoms. The van der Waals surface area contributed by atoms with Crippen molar-refractivity contribution in [2.24, 2.45) is 0 Å². The van der Waals surface area contributed by atoms with Gasteiger partial charge < -0.3 is 5.32 Å². The highest BCUT2D eigenvalue weighted by molar-refractivity contribution is 8.00. The predicted octanol–water partition coefficient (Wildman–Crippen LogP) is 2.68. The summed E-state index contributed by atoms with van der Waals surface area (Å²) in [4.78, 5) is 16.2. The molecule has 0 aliphatic heterocycles. The van der Waals surface area contributed by atoms with Gasteiger partial charge >= 0.3 is 0 Å². The second kappa shape index (κ2) is 6.70. The molecule has 0 radical (unpaired) electrons. The molecule has 2 aromatic rings. The molecule has 0 aromatic carbocycles. The van der Waals surface area contributed by atoms with Crippen molar-refractivity contribution in [3.8, 4) is 11.4 Å². The van der Waals surface area contributed by atoms with E-state index in [1.54, 1.807) is 12.4 Å². The summed E-state index contributed by atoms with van der Waals surface area (Å²) in [5.74, 6) is 0.884. The number of nitrogens with one attached hydrogen (secondary N) is 1. The Bertz CT molecular complexity index is 681. The highest BCUT2D eigenvalue weighted by Crippen LogP contribution is 2.41. The molecule has 0 saturated heterocycles. The minimum Gasteiger partial charge on any atom is -0.353 e. The molecule has 6 nitrogen and oxygen atoms in total. The first-order valence-electron chi connectivity index (χ1n) is 7.88. The second-order valence-corrected chi connectivity index (χ2v) is 7.37. The van der Waals surface area contributed by atoms with Gasteiger partial charge in [0.15, 0.2) is 11.0 Å². The molecule has 1 aliphatic carbocycles. The first kappa shape index (κ1) is 16.0. The van der Waals surface area contributed by atoms with Crippen molar-refractivity contribution < 1.29 is 4.79 Å². The Morgan fingerprint density at radius 3 is 2.57 bits per heavy atom. The molecular weight excluding hydrogens is 310 g/mol. The first-order valence-corrected chi connectivity index (χ1v) is 8.76. The molecule has 23 heavy (non-hydrogen) atoms. The zero-order chi connectivity index (χ0) is 16.4. The molecule has 0 unspecified atom stereocenters. The van der Waals surface area contributed by atoms with Gasteiger partial charge in [0, 0.05) is 30.0 Å². The maximum atomic E-state index is 12.1. The summed E-state index contributed by atoms with van der Waals surface area (Å²) in [6.45, 7) is 5.83. The highest BCUT2D eigenvalue weighted by Gasteiger charge is 2.31. The van der Waals surface area contributed by atoms with Crippen LogP contribution in [0.4, 0.5) is 0 Å². The lowest BCUT2D eigenvalue weighted by atomic mass is 10.2. The third kappa shape index (κ3) is 3.72. The van der Waals surface area contributed by atoms with E-state index in [2.05, 4.69) is 25.1 Å². The van der Waals surface area contributed by atoms with Crippen molar-refractivity contribution in [3.63, 3.8) is 0 Å². The van der Waals surface area contributed by atoms with E-state index in [9.17, 15) is 4.79 Å². The average molecular weight is 331 g/mol. The van der Waals surface area contributed by atoms with Gasteiger partial charge in [0.2, 0.25) is 5.91 Å². The van der Waals surface area contributed by atoms with Crippen molar-refractivity contribution in [3.05, 3.63) is 24.5 Å². The van der Waals surface area contributed by atoms with E-state index < -0.39 is 0 Å². The Morgan fingerprint density at radius 2 is 1.96 bits per heavy atom. The van der Waals surface area contributed by atoms with Crippen LogP contribution in [-0.4, -0.2) is 36.9 Å². The maximum absolute atomic E-state index is 12.1. The smallest absolute Gasteiger partial charge is 0.233 e.